The van der Waals surface area contributed by atoms with E-state index in [4.69, 9.17) is 5.11 Å². The number of amides is 1. The minimum absolute atomic E-state index is 0.0545. The molecular formula is C8H11NO3. The van der Waals surface area contributed by atoms with Gasteiger partial charge >= 0.3 is 5.97 Å². The van der Waals surface area contributed by atoms with Crippen molar-refractivity contribution in [1.29, 1.82) is 0 Å². The molecule has 1 saturated carbocycles. The predicted octanol–water partition coefficient (Wildman–Crippen LogP) is 0.130. The van der Waals surface area contributed by atoms with Crippen LogP contribution in [0.1, 0.15) is 25.7 Å². The molecule has 66 valence electrons. The molecule has 0 aromatic rings. The second-order valence-electron chi connectivity index (χ2n) is 3.70. The van der Waals surface area contributed by atoms with Gasteiger partial charge in [0.15, 0.2) is 0 Å². The van der Waals surface area contributed by atoms with Crippen molar-refractivity contribution in [1.82, 2.24) is 5.32 Å². The molecular weight excluding hydrogens is 158 g/mol. The average Bonchev–Trinajstić information content (AvgIpc) is 2.25. The number of nitrogens with one attached hydrogen (secondary N) is 1. The monoisotopic (exact) mass is 169 g/mol. The number of aliphatic carboxylic acids is 1. The Kier molecular flexibility index (Phi) is 1.40. The van der Waals surface area contributed by atoms with E-state index in [1.807, 2.05) is 0 Å². The van der Waals surface area contributed by atoms with E-state index >= 15 is 0 Å². The lowest BCUT2D eigenvalue weighted by Gasteiger charge is -2.34. The zero-order valence-electron chi connectivity index (χ0n) is 6.67. The van der Waals surface area contributed by atoms with E-state index < -0.39 is 12.0 Å². The van der Waals surface area contributed by atoms with E-state index in [9.17, 15) is 9.59 Å². The van der Waals surface area contributed by atoms with Gasteiger partial charge in [0.25, 0.3) is 0 Å². The number of carboxylic acids is 1. The molecule has 1 spiro atoms. The van der Waals surface area contributed by atoms with Crippen LogP contribution in [0.25, 0.3) is 0 Å². The minimum atomic E-state index is -0.910. The van der Waals surface area contributed by atoms with Crippen LogP contribution in [-0.4, -0.2) is 23.0 Å². The number of hydrogen-bond donors (Lipinski definition) is 2. The molecule has 1 aliphatic carbocycles. The van der Waals surface area contributed by atoms with Gasteiger partial charge in [-0.3, -0.25) is 4.79 Å². The molecule has 1 heterocycles. The molecule has 0 radical (unpaired) electrons. The summed E-state index contributed by atoms with van der Waals surface area (Å²) in [7, 11) is 0. The first kappa shape index (κ1) is 7.58. The third kappa shape index (κ3) is 0.838. The molecule has 1 saturated heterocycles. The number of carbonyl (C=O) groups excluding carboxylic acids is 1. The van der Waals surface area contributed by atoms with Gasteiger partial charge in [-0.25, -0.2) is 4.79 Å². The summed E-state index contributed by atoms with van der Waals surface area (Å²) in [5.74, 6) is -0.965. The van der Waals surface area contributed by atoms with Gasteiger partial charge in [0.05, 0.1) is 5.41 Å². The quantitative estimate of drug-likeness (QED) is 0.586. The van der Waals surface area contributed by atoms with E-state index in [-0.39, 0.29) is 11.3 Å². The van der Waals surface area contributed by atoms with Gasteiger partial charge in [-0.05, 0) is 19.3 Å². The Bertz CT molecular complexity index is 245. The summed E-state index contributed by atoms with van der Waals surface area (Å²) in [4.78, 5) is 21.9. The molecule has 0 aromatic carbocycles. The van der Waals surface area contributed by atoms with Gasteiger partial charge in [-0.1, -0.05) is 6.42 Å². The van der Waals surface area contributed by atoms with E-state index in [1.165, 1.54) is 0 Å². The van der Waals surface area contributed by atoms with Crippen molar-refractivity contribution in [3.63, 3.8) is 0 Å². The van der Waals surface area contributed by atoms with E-state index in [1.54, 1.807) is 0 Å². The van der Waals surface area contributed by atoms with E-state index in [0.29, 0.717) is 6.42 Å². The normalized spacial score (nSPS) is 31.3. The standard InChI is InChI=1S/C8H11NO3/c10-6(11)5-4-8(2-1-3-8)7(12)9-5/h5H,1-4H2,(H,9,12)(H,10,11). The predicted molar refractivity (Wildman–Crippen MR) is 40.5 cm³/mol. The zero-order valence-corrected chi connectivity index (χ0v) is 6.67. The highest BCUT2D eigenvalue weighted by Crippen LogP contribution is 2.47. The second-order valence-corrected chi connectivity index (χ2v) is 3.70. The summed E-state index contributed by atoms with van der Waals surface area (Å²) in [6.07, 6.45) is 3.27. The third-order valence-corrected chi connectivity index (χ3v) is 2.99. The molecule has 4 nitrogen and oxygen atoms in total. The Morgan fingerprint density at radius 2 is 2.25 bits per heavy atom. The molecule has 1 aliphatic heterocycles. The smallest absolute Gasteiger partial charge is 0.326 e. The summed E-state index contributed by atoms with van der Waals surface area (Å²) in [5, 5.41) is 11.2. The Morgan fingerprint density at radius 1 is 1.58 bits per heavy atom. The molecule has 1 amide bonds. The lowest BCUT2D eigenvalue weighted by atomic mass is 9.67. The van der Waals surface area contributed by atoms with Crippen molar-refractivity contribution in [2.75, 3.05) is 0 Å². The van der Waals surface area contributed by atoms with E-state index in [0.717, 1.165) is 19.3 Å². The Balaban J connectivity index is 2.12. The van der Waals surface area contributed by atoms with Gasteiger partial charge in [0.1, 0.15) is 6.04 Å². The fourth-order valence-corrected chi connectivity index (χ4v) is 2.03. The Labute approximate surface area is 69.9 Å². The Hall–Kier alpha value is -1.06. The summed E-state index contributed by atoms with van der Waals surface area (Å²) < 4.78 is 0. The highest BCUT2D eigenvalue weighted by Gasteiger charge is 2.52. The summed E-state index contributed by atoms with van der Waals surface area (Å²) in [5.41, 5.74) is -0.303. The average molecular weight is 169 g/mol. The third-order valence-electron chi connectivity index (χ3n) is 2.99. The molecule has 1 unspecified atom stereocenters. The van der Waals surface area contributed by atoms with Crippen molar-refractivity contribution in [2.45, 2.75) is 31.7 Å². The van der Waals surface area contributed by atoms with Crippen LogP contribution >= 0.6 is 0 Å². The second kappa shape index (κ2) is 2.21. The van der Waals surface area contributed by atoms with Crippen molar-refractivity contribution >= 4 is 11.9 Å². The summed E-state index contributed by atoms with van der Waals surface area (Å²) in [6, 6.07) is -0.641. The highest BCUT2D eigenvalue weighted by molar-refractivity contribution is 5.92. The SMILES string of the molecule is O=C(O)C1CC2(CCC2)C(=O)N1. The molecule has 0 aromatic heterocycles. The molecule has 12 heavy (non-hydrogen) atoms. The first-order chi connectivity index (χ1) is 5.64. The topological polar surface area (TPSA) is 66.4 Å². The zero-order chi connectivity index (χ0) is 8.77. The van der Waals surface area contributed by atoms with Crippen LogP contribution in [-0.2, 0) is 9.59 Å². The van der Waals surface area contributed by atoms with Crippen LogP contribution in [0.15, 0.2) is 0 Å². The molecule has 2 rings (SSSR count). The number of hydrogen-bond acceptors (Lipinski definition) is 2. The van der Waals surface area contributed by atoms with Gasteiger partial charge in [-0.15, -0.1) is 0 Å². The Morgan fingerprint density at radius 3 is 2.50 bits per heavy atom. The van der Waals surface area contributed by atoms with Gasteiger partial charge in [0.2, 0.25) is 5.91 Å². The van der Waals surface area contributed by atoms with Crippen molar-refractivity contribution in [3.05, 3.63) is 0 Å². The number of carbonyl (C=O) groups is 2. The summed E-state index contributed by atoms with van der Waals surface area (Å²) >= 11 is 0. The van der Waals surface area contributed by atoms with Gasteiger partial charge < -0.3 is 10.4 Å². The fraction of sp³-hybridized carbons (Fsp3) is 0.750. The van der Waals surface area contributed by atoms with Crippen molar-refractivity contribution < 1.29 is 14.7 Å². The van der Waals surface area contributed by atoms with Crippen molar-refractivity contribution in [2.24, 2.45) is 5.41 Å². The van der Waals surface area contributed by atoms with Gasteiger partial charge in [0, 0.05) is 0 Å². The van der Waals surface area contributed by atoms with Crippen LogP contribution in [0.5, 0.6) is 0 Å². The molecule has 4 heteroatoms. The van der Waals surface area contributed by atoms with E-state index in [2.05, 4.69) is 5.32 Å². The fourth-order valence-electron chi connectivity index (χ4n) is 2.03. The molecule has 2 aliphatic rings. The number of carboxylic acid groups (broad SMARTS) is 1. The van der Waals surface area contributed by atoms with Gasteiger partial charge in [-0.2, -0.15) is 0 Å². The lowest BCUT2D eigenvalue weighted by molar-refractivity contribution is -0.140. The lowest BCUT2D eigenvalue weighted by Crippen LogP contribution is -2.37. The minimum Gasteiger partial charge on any atom is -0.480 e. The van der Waals surface area contributed by atoms with Crippen LogP contribution in [0.4, 0.5) is 0 Å². The maximum atomic E-state index is 11.3. The van der Waals surface area contributed by atoms with Crippen LogP contribution in [0.3, 0.4) is 0 Å². The maximum absolute atomic E-state index is 11.3. The molecule has 2 fully saturated rings. The number of rotatable bonds is 1. The first-order valence-corrected chi connectivity index (χ1v) is 4.18. The van der Waals surface area contributed by atoms with Crippen molar-refractivity contribution in [3.8, 4) is 0 Å². The highest BCUT2D eigenvalue weighted by atomic mass is 16.4. The molecule has 2 N–H and O–H groups in total. The van der Waals surface area contributed by atoms with Crippen LogP contribution < -0.4 is 5.32 Å². The maximum Gasteiger partial charge on any atom is 0.326 e. The summed E-state index contributed by atoms with van der Waals surface area (Å²) in [6.45, 7) is 0. The molecule has 1 atom stereocenters. The first-order valence-electron chi connectivity index (χ1n) is 4.18. The van der Waals surface area contributed by atoms with Crippen LogP contribution in [0.2, 0.25) is 0 Å². The van der Waals surface area contributed by atoms with Crippen LogP contribution in [0, 0.1) is 5.41 Å². The largest absolute Gasteiger partial charge is 0.480 e. The molecule has 0 bridgehead atoms.